The molecule has 0 aliphatic heterocycles. The first-order valence-electron chi connectivity index (χ1n) is 6.97. The summed E-state index contributed by atoms with van der Waals surface area (Å²) >= 11 is 12.2. The summed E-state index contributed by atoms with van der Waals surface area (Å²) in [6.45, 7) is 5.97. The number of nitrogens with one attached hydrogen (secondary N) is 1. The van der Waals surface area contributed by atoms with Crippen LogP contribution in [0.3, 0.4) is 0 Å². The Hall–Kier alpha value is -0.330. The van der Waals surface area contributed by atoms with Crippen LogP contribution >= 0.6 is 23.2 Å². The molecular weight excluding hydrogens is 331 g/mol. The molecule has 0 aromatic heterocycles. The molecule has 0 saturated carbocycles. The molecule has 3 N–H and O–H groups in total. The monoisotopic (exact) mass is 352 g/mol. The van der Waals surface area contributed by atoms with Crippen molar-refractivity contribution in [2.24, 2.45) is 5.73 Å². The quantitative estimate of drug-likeness (QED) is 0.785. The summed E-state index contributed by atoms with van der Waals surface area (Å²) in [5, 5.41) is 0.462. The van der Waals surface area contributed by atoms with E-state index >= 15 is 0 Å². The van der Waals surface area contributed by atoms with Crippen LogP contribution in [0, 0.1) is 0 Å². The highest BCUT2D eigenvalue weighted by molar-refractivity contribution is 7.89. The molecule has 120 valence electrons. The summed E-state index contributed by atoms with van der Waals surface area (Å²) in [6, 6.07) is 2.92. The predicted molar refractivity (Wildman–Crippen MR) is 88.3 cm³/mol. The van der Waals surface area contributed by atoms with Crippen molar-refractivity contribution in [1.82, 2.24) is 4.72 Å². The molecular formula is C14H22Cl2N2O2S. The Morgan fingerprint density at radius 3 is 2.10 bits per heavy atom. The molecule has 21 heavy (non-hydrogen) atoms. The van der Waals surface area contributed by atoms with Gasteiger partial charge in [0.15, 0.2) is 0 Å². The van der Waals surface area contributed by atoms with Crippen molar-refractivity contribution in [3.63, 3.8) is 0 Å². The number of hydrogen-bond donors (Lipinski definition) is 2. The van der Waals surface area contributed by atoms with Crippen LogP contribution < -0.4 is 10.5 Å². The second-order valence-corrected chi connectivity index (χ2v) is 7.42. The molecule has 1 rings (SSSR count). The van der Waals surface area contributed by atoms with Crippen molar-refractivity contribution in [3.05, 3.63) is 27.7 Å². The van der Waals surface area contributed by atoms with Gasteiger partial charge in [0.2, 0.25) is 10.0 Å². The van der Waals surface area contributed by atoms with Gasteiger partial charge in [0.25, 0.3) is 0 Å². The number of hydrogen-bond acceptors (Lipinski definition) is 3. The first-order valence-corrected chi connectivity index (χ1v) is 9.21. The molecule has 1 aromatic rings. The maximum atomic E-state index is 12.6. The fourth-order valence-corrected chi connectivity index (χ4v) is 4.83. The normalized spacial score (nSPS) is 12.7. The Labute approximate surface area is 137 Å². The van der Waals surface area contributed by atoms with Gasteiger partial charge in [-0.3, -0.25) is 0 Å². The van der Waals surface area contributed by atoms with E-state index < -0.39 is 15.6 Å². The van der Waals surface area contributed by atoms with Crippen molar-refractivity contribution in [2.45, 2.75) is 57.0 Å². The molecule has 4 nitrogen and oxygen atoms in total. The molecule has 0 aliphatic rings. The molecule has 0 bridgehead atoms. The van der Waals surface area contributed by atoms with E-state index in [0.717, 1.165) is 0 Å². The average Bonchev–Trinajstić information content (AvgIpc) is 2.45. The van der Waals surface area contributed by atoms with Gasteiger partial charge in [-0.15, -0.1) is 0 Å². The maximum absolute atomic E-state index is 12.6. The topological polar surface area (TPSA) is 72.2 Å². The van der Waals surface area contributed by atoms with Gasteiger partial charge in [0.05, 0.1) is 5.02 Å². The second kappa shape index (κ2) is 7.29. The SMILES string of the molecule is CCC(CC)(CC)NS(=O)(=O)c1ccc(Cl)c(CN)c1Cl. The van der Waals surface area contributed by atoms with Crippen LogP contribution in [0.15, 0.2) is 17.0 Å². The fraction of sp³-hybridized carbons (Fsp3) is 0.571. The van der Waals surface area contributed by atoms with Gasteiger partial charge in [-0.25, -0.2) is 13.1 Å². The van der Waals surface area contributed by atoms with E-state index in [1.165, 1.54) is 12.1 Å². The summed E-state index contributed by atoms with van der Waals surface area (Å²) in [5.74, 6) is 0. The smallest absolute Gasteiger partial charge is 0.242 e. The van der Waals surface area contributed by atoms with E-state index in [2.05, 4.69) is 4.72 Å². The molecule has 0 aliphatic carbocycles. The van der Waals surface area contributed by atoms with Gasteiger partial charge >= 0.3 is 0 Å². The van der Waals surface area contributed by atoms with Crippen LogP contribution in [0.5, 0.6) is 0 Å². The maximum Gasteiger partial charge on any atom is 0.242 e. The second-order valence-electron chi connectivity index (χ2n) is 4.99. The Morgan fingerprint density at radius 1 is 1.14 bits per heavy atom. The van der Waals surface area contributed by atoms with E-state index in [4.69, 9.17) is 28.9 Å². The minimum atomic E-state index is -3.73. The molecule has 0 unspecified atom stereocenters. The van der Waals surface area contributed by atoms with Crippen LogP contribution in [0.2, 0.25) is 10.0 Å². The van der Waals surface area contributed by atoms with E-state index in [9.17, 15) is 8.42 Å². The van der Waals surface area contributed by atoms with Crippen LogP contribution in [-0.2, 0) is 16.6 Å². The van der Waals surface area contributed by atoms with Gasteiger partial charge in [-0.2, -0.15) is 0 Å². The van der Waals surface area contributed by atoms with Gasteiger partial charge in [0.1, 0.15) is 4.90 Å². The highest BCUT2D eigenvalue weighted by atomic mass is 35.5. The zero-order valence-corrected chi connectivity index (χ0v) is 14.9. The number of rotatable bonds is 7. The lowest BCUT2D eigenvalue weighted by Crippen LogP contribution is -2.47. The average molecular weight is 353 g/mol. The van der Waals surface area contributed by atoms with Crippen molar-refractivity contribution < 1.29 is 8.42 Å². The molecule has 1 aromatic carbocycles. The van der Waals surface area contributed by atoms with E-state index in [-0.39, 0.29) is 16.5 Å². The first-order chi connectivity index (χ1) is 9.76. The molecule has 0 heterocycles. The zero-order chi connectivity index (χ0) is 16.3. The van der Waals surface area contributed by atoms with Crippen molar-refractivity contribution in [2.75, 3.05) is 0 Å². The Morgan fingerprint density at radius 2 is 1.67 bits per heavy atom. The molecule has 0 fully saturated rings. The van der Waals surface area contributed by atoms with Gasteiger partial charge < -0.3 is 5.73 Å². The summed E-state index contributed by atoms with van der Waals surface area (Å²) < 4.78 is 28.1. The summed E-state index contributed by atoms with van der Waals surface area (Å²) in [6.07, 6.45) is 2.11. The third-order valence-corrected chi connectivity index (χ3v) is 6.54. The molecule has 0 saturated heterocycles. The lowest BCUT2D eigenvalue weighted by atomic mass is 9.91. The minimum absolute atomic E-state index is 0.0220. The van der Waals surface area contributed by atoms with Crippen molar-refractivity contribution in [1.29, 1.82) is 0 Å². The summed E-state index contributed by atoms with van der Waals surface area (Å²) in [7, 11) is -3.73. The van der Waals surface area contributed by atoms with Gasteiger partial charge in [-0.05, 0) is 31.4 Å². The lowest BCUT2D eigenvalue weighted by Gasteiger charge is -2.31. The standard InChI is InChI=1S/C14H22Cl2N2O2S/c1-4-14(5-2,6-3)18-21(19,20)12-8-7-11(15)10(9-17)13(12)16/h7-8,18H,4-6,9,17H2,1-3H3. The Kier molecular flexibility index (Phi) is 6.50. The number of halogens is 2. The summed E-state index contributed by atoms with van der Waals surface area (Å²) in [5.41, 5.74) is 5.56. The van der Waals surface area contributed by atoms with E-state index in [1.807, 2.05) is 20.8 Å². The van der Waals surface area contributed by atoms with Gasteiger partial charge in [-0.1, -0.05) is 44.0 Å². The highest BCUT2D eigenvalue weighted by Gasteiger charge is 2.32. The van der Waals surface area contributed by atoms with Crippen molar-refractivity contribution in [3.8, 4) is 0 Å². The third-order valence-electron chi connectivity index (χ3n) is 4.03. The number of benzene rings is 1. The predicted octanol–water partition coefficient (Wildman–Crippen LogP) is 3.70. The Bertz CT molecular complexity index is 591. The molecule has 0 spiro atoms. The van der Waals surface area contributed by atoms with Gasteiger partial charge in [0, 0.05) is 22.7 Å². The van der Waals surface area contributed by atoms with E-state index in [1.54, 1.807) is 0 Å². The third kappa shape index (κ3) is 3.90. The molecule has 0 radical (unpaired) electrons. The fourth-order valence-electron chi connectivity index (χ4n) is 2.28. The number of sulfonamides is 1. The zero-order valence-electron chi connectivity index (χ0n) is 12.5. The lowest BCUT2D eigenvalue weighted by molar-refractivity contribution is 0.341. The Balaban J connectivity index is 3.32. The van der Waals surface area contributed by atoms with Crippen LogP contribution in [0.4, 0.5) is 0 Å². The first kappa shape index (κ1) is 18.7. The minimum Gasteiger partial charge on any atom is -0.326 e. The largest absolute Gasteiger partial charge is 0.326 e. The molecule has 0 amide bonds. The van der Waals surface area contributed by atoms with Crippen molar-refractivity contribution >= 4 is 33.2 Å². The van der Waals surface area contributed by atoms with Crippen LogP contribution in [-0.4, -0.2) is 14.0 Å². The number of nitrogens with two attached hydrogens (primary N) is 1. The molecule has 0 atom stereocenters. The van der Waals surface area contributed by atoms with E-state index in [0.29, 0.717) is 29.8 Å². The van der Waals surface area contributed by atoms with Crippen LogP contribution in [0.1, 0.15) is 45.6 Å². The molecule has 7 heteroatoms. The van der Waals surface area contributed by atoms with Crippen LogP contribution in [0.25, 0.3) is 0 Å². The summed E-state index contributed by atoms with van der Waals surface area (Å²) in [4.78, 5) is 0.0220. The highest BCUT2D eigenvalue weighted by Crippen LogP contribution is 2.32.